The lowest BCUT2D eigenvalue weighted by Crippen LogP contribution is -2.34. The molecule has 1 atom stereocenters. The van der Waals surface area contributed by atoms with Gasteiger partial charge in [-0.3, -0.25) is 4.79 Å². The van der Waals surface area contributed by atoms with Gasteiger partial charge in [0, 0.05) is 19.5 Å². The normalized spacial score (nSPS) is 11.7. The summed E-state index contributed by atoms with van der Waals surface area (Å²) in [7, 11) is 0. The van der Waals surface area contributed by atoms with E-state index in [1.165, 1.54) is 12.8 Å². The van der Waals surface area contributed by atoms with E-state index in [1.807, 2.05) is 0 Å². The first-order chi connectivity index (χ1) is 9.97. The van der Waals surface area contributed by atoms with Crippen molar-refractivity contribution in [1.29, 1.82) is 0 Å². The maximum atomic E-state index is 11.6. The van der Waals surface area contributed by atoms with E-state index in [9.17, 15) is 4.79 Å². The van der Waals surface area contributed by atoms with Crippen LogP contribution < -0.4 is 16.4 Å². The fourth-order valence-corrected chi connectivity index (χ4v) is 2.10. The lowest BCUT2D eigenvalue weighted by Gasteiger charge is -2.13. The Morgan fingerprint density at radius 1 is 1.14 bits per heavy atom. The molecular weight excluding hydrogens is 302 g/mol. The predicted octanol–water partition coefficient (Wildman–Crippen LogP) is 2.69. The van der Waals surface area contributed by atoms with Crippen molar-refractivity contribution in [2.75, 3.05) is 13.1 Å². The van der Waals surface area contributed by atoms with Crippen molar-refractivity contribution < 1.29 is 4.79 Å². The van der Waals surface area contributed by atoms with Crippen LogP contribution in [-0.4, -0.2) is 29.0 Å². The molecule has 0 saturated carbocycles. The van der Waals surface area contributed by atoms with Crippen LogP contribution in [0.25, 0.3) is 0 Å². The molecule has 0 aromatic rings. The molecule has 0 aromatic heterocycles. The highest BCUT2D eigenvalue weighted by atomic mass is 32.1. The van der Waals surface area contributed by atoms with Crippen LogP contribution in [0.1, 0.15) is 58.8 Å². The predicted molar refractivity (Wildman–Crippen MR) is 97.6 cm³/mol. The van der Waals surface area contributed by atoms with Gasteiger partial charge >= 0.3 is 0 Å². The highest BCUT2D eigenvalue weighted by molar-refractivity contribution is 7.89. The average Bonchev–Trinajstić information content (AvgIpc) is 2.45. The minimum absolute atomic E-state index is 0.172. The number of hydrogen-bond donors (Lipinski definition) is 3. The fourth-order valence-electron chi connectivity index (χ4n) is 1.93. The van der Waals surface area contributed by atoms with Crippen molar-refractivity contribution in [1.82, 2.24) is 10.6 Å². The molecule has 0 aliphatic heterocycles. The number of hydrogen-bond acceptors (Lipinski definition) is 3. The standard InChI is InChI=1S/C15H29N3OS2/c1-3-4-5-6-9-13(19)18-11-12(2)8-7-10-17-15(21)14(16)20/h12H,3-11H2,1-2H3,(H2,16,20)(H,17,21)(H,18,19). The zero-order valence-electron chi connectivity index (χ0n) is 13.2. The minimum atomic E-state index is 0.172. The van der Waals surface area contributed by atoms with Gasteiger partial charge in [0.1, 0.15) is 9.98 Å². The van der Waals surface area contributed by atoms with Crippen LogP contribution in [0.15, 0.2) is 0 Å². The largest absolute Gasteiger partial charge is 0.388 e. The molecule has 0 spiro atoms. The number of thiocarbonyl (C=S) groups is 2. The Bertz CT molecular complexity index is 335. The first-order valence-electron chi connectivity index (χ1n) is 7.81. The van der Waals surface area contributed by atoms with Gasteiger partial charge in [-0.1, -0.05) is 57.5 Å². The lowest BCUT2D eigenvalue weighted by atomic mass is 10.1. The Morgan fingerprint density at radius 3 is 2.48 bits per heavy atom. The quantitative estimate of drug-likeness (QED) is 0.401. The highest BCUT2D eigenvalue weighted by Crippen LogP contribution is 2.05. The third kappa shape index (κ3) is 12.7. The SMILES string of the molecule is CCCCCCC(=O)NCC(C)CCCNC(=S)C(N)=S. The molecule has 0 aliphatic rings. The van der Waals surface area contributed by atoms with E-state index in [1.54, 1.807) is 0 Å². The number of unbranched alkanes of at least 4 members (excludes halogenated alkanes) is 3. The number of carbonyl (C=O) groups excluding carboxylic acids is 1. The molecule has 0 heterocycles. The number of carbonyl (C=O) groups is 1. The molecule has 0 bridgehead atoms. The van der Waals surface area contributed by atoms with Crippen molar-refractivity contribution in [2.45, 2.75) is 58.8 Å². The van der Waals surface area contributed by atoms with Crippen LogP contribution in [0, 0.1) is 5.92 Å². The monoisotopic (exact) mass is 331 g/mol. The van der Waals surface area contributed by atoms with Crippen molar-refractivity contribution >= 4 is 40.3 Å². The summed E-state index contributed by atoms with van der Waals surface area (Å²) < 4.78 is 0. The second kappa shape index (κ2) is 13.0. The van der Waals surface area contributed by atoms with Crippen LogP contribution in [0.3, 0.4) is 0 Å². The third-order valence-corrected chi connectivity index (χ3v) is 3.99. The van der Waals surface area contributed by atoms with Crippen molar-refractivity contribution in [2.24, 2.45) is 11.7 Å². The summed E-state index contributed by atoms with van der Waals surface area (Å²) in [6.07, 6.45) is 7.22. The Morgan fingerprint density at radius 2 is 1.86 bits per heavy atom. The summed E-state index contributed by atoms with van der Waals surface area (Å²) in [6.45, 7) is 5.82. The molecule has 0 radical (unpaired) electrons. The van der Waals surface area contributed by atoms with E-state index in [0.29, 0.717) is 17.3 Å². The Hall–Kier alpha value is -0.750. The van der Waals surface area contributed by atoms with Crippen LogP contribution in [0.2, 0.25) is 0 Å². The summed E-state index contributed by atoms with van der Waals surface area (Å²) >= 11 is 9.73. The van der Waals surface area contributed by atoms with E-state index in [2.05, 4.69) is 24.5 Å². The molecular formula is C15H29N3OS2. The van der Waals surface area contributed by atoms with Crippen LogP contribution >= 0.6 is 24.4 Å². The minimum Gasteiger partial charge on any atom is -0.388 e. The number of amides is 1. The third-order valence-electron chi connectivity index (χ3n) is 3.29. The molecule has 1 unspecified atom stereocenters. The Kier molecular flexibility index (Phi) is 12.5. The number of nitrogens with one attached hydrogen (secondary N) is 2. The van der Waals surface area contributed by atoms with E-state index in [0.717, 1.165) is 38.8 Å². The average molecular weight is 332 g/mol. The van der Waals surface area contributed by atoms with E-state index >= 15 is 0 Å². The molecule has 4 nitrogen and oxygen atoms in total. The summed E-state index contributed by atoms with van der Waals surface area (Å²) in [4.78, 5) is 12.3. The zero-order valence-corrected chi connectivity index (χ0v) is 14.9. The molecule has 0 fully saturated rings. The first-order valence-corrected chi connectivity index (χ1v) is 8.63. The Balaban J connectivity index is 3.53. The second-order valence-electron chi connectivity index (χ2n) is 5.48. The molecule has 0 saturated heterocycles. The smallest absolute Gasteiger partial charge is 0.220 e. The zero-order chi connectivity index (χ0) is 16.1. The van der Waals surface area contributed by atoms with E-state index in [-0.39, 0.29) is 10.9 Å². The fraction of sp³-hybridized carbons (Fsp3) is 0.800. The second-order valence-corrected chi connectivity index (χ2v) is 6.33. The van der Waals surface area contributed by atoms with Gasteiger partial charge in [-0.25, -0.2) is 0 Å². The topological polar surface area (TPSA) is 67.2 Å². The molecule has 122 valence electrons. The van der Waals surface area contributed by atoms with Gasteiger partial charge in [0.2, 0.25) is 5.91 Å². The van der Waals surface area contributed by atoms with Crippen molar-refractivity contribution in [3.63, 3.8) is 0 Å². The van der Waals surface area contributed by atoms with Gasteiger partial charge in [0.15, 0.2) is 0 Å². The van der Waals surface area contributed by atoms with Gasteiger partial charge in [0.05, 0.1) is 0 Å². The van der Waals surface area contributed by atoms with Crippen LogP contribution in [-0.2, 0) is 4.79 Å². The molecule has 0 aliphatic carbocycles. The molecule has 0 rings (SSSR count). The van der Waals surface area contributed by atoms with Gasteiger partial charge in [-0.05, 0) is 25.2 Å². The van der Waals surface area contributed by atoms with E-state index < -0.39 is 0 Å². The van der Waals surface area contributed by atoms with Crippen LogP contribution in [0.5, 0.6) is 0 Å². The molecule has 4 N–H and O–H groups in total. The van der Waals surface area contributed by atoms with Crippen LogP contribution in [0.4, 0.5) is 0 Å². The van der Waals surface area contributed by atoms with Gasteiger partial charge in [-0.15, -0.1) is 0 Å². The van der Waals surface area contributed by atoms with E-state index in [4.69, 9.17) is 30.2 Å². The molecule has 21 heavy (non-hydrogen) atoms. The summed E-state index contributed by atoms with van der Waals surface area (Å²) in [5.41, 5.74) is 5.40. The maximum absolute atomic E-state index is 11.6. The molecule has 0 aromatic carbocycles. The number of nitrogens with two attached hydrogens (primary N) is 1. The summed E-state index contributed by atoms with van der Waals surface area (Å²) in [5, 5.41) is 6.02. The maximum Gasteiger partial charge on any atom is 0.220 e. The number of rotatable bonds is 11. The van der Waals surface area contributed by atoms with Crippen molar-refractivity contribution in [3.05, 3.63) is 0 Å². The lowest BCUT2D eigenvalue weighted by molar-refractivity contribution is -0.121. The summed E-state index contributed by atoms with van der Waals surface area (Å²) in [5.74, 6) is 0.635. The first kappa shape index (κ1) is 20.2. The van der Waals surface area contributed by atoms with Gasteiger partial charge in [0.25, 0.3) is 0 Å². The van der Waals surface area contributed by atoms with Crippen molar-refractivity contribution in [3.8, 4) is 0 Å². The van der Waals surface area contributed by atoms with Gasteiger partial charge < -0.3 is 16.4 Å². The summed E-state index contributed by atoms with van der Waals surface area (Å²) in [6, 6.07) is 0. The molecule has 6 heteroatoms. The highest BCUT2D eigenvalue weighted by Gasteiger charge is 2.06. The Labute approximate surface area is 139 Å². The molecule has 1 amide bonds. The van der Waals surface area contributed by atoms with Gasteiger partial charge in [-0.2, -0.15) is 0 Å².